The highest BCUT2D eigenvalue weighted by Gasteiger charge is 2.08. The van der Waals surface area contributed by atoms with E-state index >= 15 is 0 Å². The maximum Gasteiger partial charge on any atom is 0.278 e. The molecular weight excluding hydrogens is 125 g/mol. The Labute approximate surface area is 63.4 Å². The van der Waals surface area contributed by atoms with Gasteiger partial charge in [-0.15, -0.1) is 5.79 Å². The van der Waals surface area contributed by atoms with Crippen LogP contribution in [0.5, 0.6) is 0 Å². The van der Waals surface area contributed by atoms with E-state index in [9.17, 15) is 0 Å². The highest BCUT2D eigenvalue weighted by Crippen LogP contribution is 1.96. The van der Waals surface area contributed by atoms with Gasteiger partial charge in [0.25, 0.3) is 14.1 Å². The highest BCUT2D eigenvalue weighted by molar-refractivity contribution is 6.57. The number of nitrogens with zero attached hydrogens (tertiary/aromatic N) is 1. The first-order chi connectivity index (χ1) is 4.16. The van der Waals surface area contributed by atoms with Crippen LogP contribution in [0, 0.1) is 0 Å². The molecular formula is C7H18AlN. The molecule has 0 spiro atoms. The molecule has 0 aromatic carbocycles. The Hall–Kier alpha value is 0.492. The van der Waals surface area contributed by atoms with E-state index in [1.165, 1.54) is 17.1 Å². The number of hydrogen-bond donors (Lipinski definition) is 0. The molecule has 0 amide bonds. The Kier molecular flexibility index (Phi) is 5.58. The smallest absolute Gasteiger partial charge is 0.278 e. The maximum absolute atomic E-state index is 2.45. The molecule has 0 atom stereocenters. The van der Waals surface area contributed by atoms with Crippen molar-refractivity contribution < 1.29 is 0 Å². The Bertz CT molecular complexity index is 63.9. The maximum atomic E-state index is 2.45. The van der Waals surface area contributed by atoms with Crippen LogP contribution < -0.4 is 0 Å². The second-order valence-electron chi connectivity index (χ2n) is 3.16. The Morgan fingerprint density at radius 1 is 1.33 bits per heavy atom. The molecule has 0 N–H and O–H groups in total. The molecule has 0 bridgehead atoms. The summed E-state index contributed by atoms with van der Waals surface area (Å²) in [6.45, 7) is 2.28. The minimum atomic E-state index is -0.334. The van der Waals surface area contributed by atoms with E-state index in [4.69, 9.17) is 0 Å². The highest BCUT2D eigenvalue weighted by atomic mass is 27.2. The van der Waals surface area contributed by atoms with Crippen molar-refractivity contribution in [3.8, 4) is 0 Å². The summed E-state index contributed by atoms with van der Waals surface area (Å²) in [4.78, 5) is 2.31. The van der Waals surface area contributed by atoms with Crippen molar-refractivity contribution in [1.29, 1.82) is 0 Å². The summed E-state index contributed by atoms with van der Waals surface area (Å²) in [5, 5.41) is 2.87. The van der Waals surface area contributed by atoms with Crippen LogP contribution in [0.3, 0.4) is 0 Å². The Morgan fingerprint density at radius 3 is 2.22 bits per heavy atom. The van der Waals surface area contributed by atoms with Gasteiger partial charge in [-0.3, -0.25) is 0 Å². The Balaban J connectivity index is 3.15. The molecule has 54 valence electrons. The summed E-state index contributed by atoms with van der Waals surface area (Å²) in [6.07, 6.45) is 1.38. The van der Waals surface area contributed by atoms with Gasteiger partial charge in [0, 0.05) is 0 Å². The predicted octanol–water partition coefficient (Wildman–Crippen LogP) is 1.62. The summed E-state index contributed by atoms with van der Waals surface area (Å²) in [5.41, 5.74) is 0. The molecule has 0 rings (SSSR count). The second-order valence-corrected chi connectivity index (χ2v) is 6.31. The lowest BCUT2D eigenvalue weighted by Crippen LogP contribution is -2.26. The zero-order valence-electron chi connectivity index (χ0n) is 7.15. The standard InChI is InChI=1S/C3H8N.C3H7.CH3.Al/c1-4(2)3;1-3-2;;/h1H2,2-3H3;1,3H2,2H3;1H3;. The van der Waals surface area contributed by atoms with Gasteiger partial charge in [-0.05, 0) is 19.5 Å². The van der Waals surface area contributed by atoms with Crippen LogP contribution in [0.25, 0.3) is 0 Å². The summed E-state index contributed by atoms with van der Waals surface area (Å²) < 4.78 is 0. The molecule has 0 unspecified atom stereocenters. The van der Waals surface area contributed by atoms with Crippen LogP contribution in [0.15, 0.2) is 0 Å². The molecule has 0 saturated carbocycles. The average molecular weight is 143 g/mol. The third-order valence-corrected chi connectivity index (χ3v) is 4.37. The van der Waals surface area contributed by atoms with Gasteiger partial charge >= 0.3 is 0 Å². The van der Waals surface area contributed by atoms with Gasteiger partial charge in [-0.1, -0.05) is 18.6 Å². The minimum absolute atomic E-state index is 0.334. The van der Waals surface area contributed by atoms with Gasteiger partial charge in [0.2, 0.25) is 0 Å². The van der Waals surface area contributed by atoms with Crippen LogP contribution in [-0.4, -0.2) is 38.6 Å². The molecule has 0 aliphatic carbocycles. The predicted molar refractivity (Wildman–Crippen MR) is 45.3 cm³/mol. The molecule has 0 aromatic rings. The zero-order chi connectivity index (χ0) is 7.28. The fourth-order valence-corrected chi connectivity index (χ4v) is 3.62. The fraction of sp³-hybridized carbons (Fsp3) is 1.00. The van der Waals surface area contributed by atoms with Gasteiger partial charge in [-0.25, -0.2) is 0 Å². The molecule has 2 heteroatoms. The summed E-state index contributed by atoms with van der Waals surface area (Å²) in [5.74, 6) is 2.45. The first-order valence-electron chi connectivity index (χ1n) is 3.81. The van der Waals surface area contributed by atoms with Crippen molar-refractivity contribution in [1.82, 2.24) is 4.90 Å². The largest absolute Gasteiger partial charge is 0.322 e. The lowest BCUT2D eigenvalue weighted by Gasteiger charge is -2.11. The SMILES string of the molecule is CC[CH2][Al]([CH3])[CH2]N(C)C. The van der Waals surface area contributed by atoms with Crippen molar-refractivity contribution in [3.05, 3.63) is 0 Å². The third kappa shape index (κ3) is 6.38. The van der Waals surface area contributed by atoms with Crippen molar-refractivity contribution in [2.45, 2.75) is 24.4 Å². The van der Waals surface area contributed by atoms with Crippen molar-refractivity contribution >= 4 is 14.1 Å². The van der Waals surface area contributed by atoms with Gasteiger partial charge in [0.1, 0.15) is 0 Å². The van der Waals surface area contributed by atoms with Crippen LogP contribution in [0.4, 0.5) is 0 Å². The van der Waals surface area contributed by atoms with Crippen LogP contribution in [-0.2, 0) is 0 Å². The van der Waals surface area contributed by atoms with Gasteiger partial charge in [0.15, 0.2) is 0 Å². The third-order valence-electron chi connectivity index (χ3n) is 1.46. The molecule has 0 radical (unpaired) electrons. The van der Waals surface area contributed by atoms with Gasteiger partial charge in [-0.2, -0.15) is 0 Å². The van der Waals surface area contributed by atoms with Crippen LogP contribution >= 0.6 is 0 Å². The van der Waals surface area contributed by atoms with Crippen LogP contribution in [0.2, 0.25) is 11.1 Å². The molecule has 0 aromatic heterocycles. The normalized spacial score (nSPS) is 10.3. The first kappa shape index (κ1) is 9.49. The molecule has 0 aliphatic heterocycles. The van der Waals surface area contributed by atoms with E-state index in [0.29, 0.717) is 0 Å². The van der Waals surface area contributed by atoms with E-state index in [2.05, 4.69) is 31.7 Å². The number of rotatable bonds is 4. The monoisotopic (exact) mass is 143 g/mol. The summed E-state index contributed by atoms with van der Waals surface area (Å²) in [6, 6.07) is 0. The fourth-order valence-electron chi connectivity index (χ4n) is 1.21. The summed E-state index contributed by atoms with van der Waals surface area (Å²) >= 11 is -0.334. The lowest BCUT2D eigenvalue weighted by atomic mass is 10.6. The topological polar surface area (TPSA) is 3.24 Å². The molecule has 0 fully saturated rings. The van der Waals surface area contributed by atoms with E-state index in [1.807, 2.05) is 0 Å². The van der Waals surface area contributed by atoms with Crippen LogP contribution in [0.1, 0.15) is 13.3 Å². The van der Waals surface area contributed by atoms with Gasteiger partial charge in [0.05, 0.1) is 0 Å². The zero-order valence-corrected chi connectivity index (χ0v) is 8.30. The van der Waals surface area contributed by atoms with Crippen molar-refractivity contribution in [2.24, 2.45) is 0 Å². The van der Waals surface area contributed by atoms with E-state index < -0.39 is 0 Å². The molecule has 0 heterocycles. The van der Waals surface area contributed by atoms with Crippen molar-refractivity contribution in [3.63, 3.8) is 0 Å². The molecule has 1 nitrogen and oxygen atoms in total. The van der Waals surface area contributed by atoms with Gasteiger partial charge < -0.3 is 4.90 Å². The van der Waals surface area contributed by atoms with E-state index in [0.717, 1.165) is 0 Å². The average Bonchev–Trinajstić information content (AvgIpc) is 1.63. The first-order valence-corrected chi connectivity index (χ1v) is 6.60. The van der Waals surface area contributed by atoms with Crippen molar-refractivity contribution in [2.75, 3.05) is 19.5 Å². The van der Waals surface area contributed by atoms with E-state index in [1.54, 1.807) is 0 Å². The van der Waals surface area contributed by atoms with E-state index in [-0.39, 0.29) is 14.1 Å². The quantitative estimate of drug-likeness (QED) is 0.540. The summed E-state index contributed by atoms with van der Waals surface area (Å²) in [7, 11) is 4.33. The second kappa shape index (κ2) is 5.29. The molecule has 0 aliphatic rings. The number of hydrogen-bond acceptors (Lipinski definition) is 1. The Morgan fingerprint density at radius 2 is 1.89 bits per heavy atom. The minimum Gasteiger partial charge on any atom is -0.322 e. The lowest BCUT2D eigenvalue weighted by molar-refractivity contribution is 0.473. The molecule has 0 saturated heterocycles. The molecule has 9 heavy (non-hydrogen) atoms.